The molecule has 0 bridgehead atoms. The summed E-state index contributed by atoms with van der Waals surface area (Å²) in [5.74, 6) is -1.31. The Morgan fingerprint density at radius 2 is 1.97 bits per heavy atom. The van der Waals surface area contributed by atoms with Gasteiger partial charge in [0.25, 0.3) is 11.8 Å². The lowest BCUT2D eigenvalue weighted by atomic mass is 9.88. The van der Waals surface area contributed by atoms with Crippen molar-refractivity contribution in [3.8, 4) is 5.75 Å². The fourth-order valence-corrected chi connectivity index (χ4v) is 4.07. The lowest BCUT2D eigenvalue weighted by Gasteiger charge is -2.38. The standard InChI is InChI=1S/C22H22FN3O4/c1-30-18-9-8-16(12-17(18)23)19(27)25-11-5-10-22(14-25)20(28)26(21(29)24-22)13-15-6-3-2-4-7-15/h2-4,6-9,12H,5,10-11,13-14H2,1H3,(H,24,29)/t22-/m0/s1. The van der Waals surface area contributed by atoms with E-state index in [0.29, 0.717) is 19.4 Å². The van der Waals surface area contributed by atoms with Crippen LogP contribution in [0.3, 0.4) is 0 Å². The number of benzene rings is 2. The number of halogens is 1. The number of methoxy groups -OCH3 is 1. The number of urea groups is 1. The quantitative estimate of drug-likeness (QED) is 0.785. The molecule has 0 aliphatic carbocycles. The zero-order chi connectivity index (χ0) is 21.3. The summed E-state index contributed by atoms with van der Waals surface area (Å²) in [5, 5.41) is 2.80. The van der Waals surface area contributed by atoms with Gasteiger partial charge >= 0.3 is 6.03 Å². The number of amides is 4. The molecule has 2 aliphatic heterocycles. The predicted octanol–water partition coefficient (Wildman–Crippen LogP) is 2.56. The highest BCUT2D eigenvalue weighted by Crippen LogP contribution is 2.30. The van der Waals surface area contributed by atoms with Gasteiger partial charge in [0.2, 0.25) is 0 Å². The van der Waals surface area contributed by atoms with E-state index in [9.17, 15) is 18.8 Å². The molecule has 0 aromatic heterocycles. The summed E-state index contributed by atoms with van der Waals surface area (Å²) in [6.45, 7) is 0.649. The maximum absolute atomic E-state index is 14.0. The minimum absolute atomic E-state index is 0.0509. The fourth-order valence-electron chi connectivity index (χ4n) is 4.07. The van der Waals surface area contributed by atoms with Crippen LogP contribution in [0, 0.1) is 5.82 Å². The molecule has 0 radical (unpaired) electrons. The first-order valence-electron chi connectivity index (χ1n) is 9.74. The predicted molar refractivity (Wildman–Crippen MR) is 106 cm³/mol. The Morgan fingerprint density at radius 1 is 1.20 bits per heavy atom. The van der Waals surface area contributed by atoms with Crippen LogP contribution in [-0.4, -0.2) is 53.4 Å². The number of likely N-dealkylation sites (tertiary alicyclic amines) is 1. The normalized spacial score (nSPS) is 21.1. The van der Waals surface area contributed by atoms with E-state index in [1.807, 2.05) is 30.3 Å². The molecule has 8 heteroatoms. The van der Waals surface area contributed by atoms with Crippen molar-refractivity contribution in [2.45, 2.75) is 24.9 Å². The molecule has 1 N–H and O–H groups in total. The first-order valence-corrected chi connectivity index (χ1v) is 9.74. The maximum atomic E-state index is 14.0. The van der Waals surface area contributed by atoms with Crippen LogP contribution >= 0.6 is 0 Å². The number of rotatable bonds is 4. The second-order valence-corrected chi connectivity index (χ2v) is 7.57. The molecular formula is C22H22FN3O4. The SMILES string of the molecule is COc1ccc(C(=O)N2CCC[C@@]3(C2)NC(=O)N(Cc2ccccc2)C3=O)cc1F. The van der Waals surface area contributed by atoms with Crippen molar-refractivity contribution in [1.29, 1.82) is 0 Å². The number of carbonyl (C=O) groups is 3. The van der Waals surface area contributed by atoms with E-state index in [0.717, 1.165) is 11.6 Å². The second-order valence-electron chi connectivity index (χ2n) is 7.57. The van der Waals surface area contributed by atoms with Gasteiger partial charge in [-0.1, -0.05) is 30.3 Å². The molecular weight excluding hydrogens is 389 g/mol. The van der Waals surface area contributed by atoms with Crippen LogP contribution in [0.15, 0.2) is 48.5 Å². The minimum Gasteiger partial charge on any atom is -0.494 e. The molecule has 156 valence electrons. The third-order valence-electron chi connectivity index (χ3n) is 5.61. The Kier molecular flexibility index (Phi) is 5.15. The van der Waals surface area contributed by atoms with Crippen LogP contribution in [0.2, 0.25) is 0 Å². The zero-order valence-electron chi connectivity index (χ0n) is 16.6. The molecule has 2 aromatic carbocycles. The Balaban J connectivity index is 1.53. The minimum atomic E-state index is -1.15. The Morgan fingerprint density at radius 3 is 2.67 bits per heavy atom. The van der Waals surface area contributed by atoms with Gasteiger partial charge in [-0.3, -0.25) is 14.5 Å². The number of hydrogen-bond acceptors (Lipinski definition) is 4. The highest BCUT2D eigenvalue weighted by atomic mass is 19.1. The topological polar surface area (TPSA) is 79.0 Å². The van der Waals surface area contributed by atoms with E-state index < -0.39 is 17.4 Å². The summed E-state index contributed by atoms with van der Waals surface area (Å²) in [6, 6.07) is 12.8. The average molecular weight is 411 g/mol. The lowest BCUT2D eigenvalue weighted by molar-refractivity contribution is -0.133. The lowest BCUT2D eigenvalue weighted by Crippen LogP contribution is -2.59. The smallest absolute Gasteiger partial charge is 0.325 e. The van der Waals surface area contributed by atoms with Gasteiger partial charge in [-0.2, -0.15) is 0 Å². The third-order valence-corrected chi connectivity index (χ3v) is 5.61. The maximum Gasteiger partial charge on any atom is 0.325 e. The molecule has 2 heterocycles. The molecule has 7 nitrogen and oxygen atoms in total. The van der Waals surface area contributed by atoms with Crippen molar-refractivity contribution < 1.29 is 23.5 Å². The van der Waals surface area contributed by atoms with Crippen molar-refractivity contribution in [2.75, 3.05) is 20.2 Å². The van der Waals surface area contributed by atoms with Crippen molar-refractivity contribution in [1.82, 2.24) is 15.1 Å². The molecule has 2 fully saturated rings. The number of nitrogens with one attached hydrogen (secondary N) is 1. The molecule has 1 spiro atoms. The van der Waals surface area contributed by atoms with Crippen LogP contribution in [0.25, 0.3) is 0 Å². The molecule has 4 rings (SSSR count). The molecule has 30 heavy (non-hydrogen) atoms. The van der Waals surface area contributed by atoms with Crippen LogP contribution < -0.4 is 10.1 Å². The number of hydrogen-bond donors (Lipinski definition) is 1. The van der Waals surface area contributed by atoms with E-state index >= 15 is 0 Å². The van der Waals surface area contributed by atoms with Crippen molar-refractivity contribution in [3.05, 3.63) is 65.5 Å². The average Bonchev–Trinajstić information content (AvgIpc) is 2.97. The van der Waals surface area contributed by atoms with Crippen molar-refractivity contribution in [3.63, 3.8) is 0 Å². The van der Waals surface area contributed by atoms with E-state index in [2.05, 4.69) is 5.32 Å². The zero-order valence-corrected chi connectivity index (χ0v) is 16.6. The molecule has 0 unspecified atom stereocenters. The van der Waals surface area contributed by atoms with Gasteiger partial charge in [0.1, 0.15) is 5.54 Å². The highest BCUT2D eigenvalue weighted by Gasteiger charge is 2.53. The first-order chi connectivity index (χ1) is 14.4. The Hall–Kier alpha value is -3.42. The second kappa shape index (κ2) is 7.78. The van der Waals surface area contributed by atoms with Gasteiger partial charge in [-0.15, -0.1) is 0 Å². The Labute approximate surface area is 173 Å². The highest BCUT2D eigenvalue weighted by molar-refractivity contribution is 6.07. The van der Waals surface area contributed by atoms with Gasteiger partial charge < -0.3 is 15.0 Å². The van der Waals surface area contributed by atoms with Crippen LogP contribution in [-0.2, 0) is 11.3 Å². The Bertz CT molecular complexity index is 997. The van der Waals surface area contributed by atoms with E-state index in [-0.39, 0.29) is 36.2 Å². The van der Waals surface area contributed by atoms with Gasteiger partial charge in [-0.05, 0) is 36.6 Å². The molecule has 2 saturated heterocycles. The molecule has 0 saturated carbocycles. The van der Waals surface area contributed by atoms with Crippen LogP contribution in [0.1, 0.15) is 28.8 Å². The van der Waals surface area contributed by atoms with Crippen molar-refractivity contribution >= 4 is 17.8 Å². The summed E-state index contributed by atoms with van der Waals surface area (Å²) >= 11 is 0. The van der Waals surface area contributed by atoms with Gasteiger partial charge in [0, 0.05) is 12.1 Å². The number of nitrogens with zero attached hydrogens (tertiary/aromatic N) is 2. The van der Waals surface area contributed by atoms with Gasteiger partial charge in [-0.25, -0.2) is 9.18 Å². The van der Waals surface area contributed by atoms with Crippen molar-refractivity contribution in [2.24, 2.45) is 0 Å². The molecule has 2 aliphatic rings. The number of carbonyl (C=O) groups excluding carboxylic acids is 3. The summed E-state index contributed by atoms with van der Waals surface area (Å²) < 4.78 is 18.9. The number of ether oxygens (including phenoxy) is 1. The third kappa shape index (κ3) is 3.49. The molecule has 2 aromatic rings. The van der Waals surface area contributed by atoms with E-state index in [1.54, 1.807) is 0 Å². The summed E-state index contributed by atoms with van der Waals surface area (Å²) in [6.07, 6.45) is 0.999. The van der Waals surface area contributed by atoms with Gasteiger partial charge in [0.05, 0.1) is 20.2 Å². The van der Waals surface area contributed by atoms with E-state index in [4.69, 9.17) is 4.74 Å². The molecule has 1 atom stereocenters. The number of piperidine rings is 1. The van der Waals surface area contributed by atoms with E-state index in [1.165, 1.54) is 29.0 Å². The first kappa shape index (κ1) is 19.9. The van der Waals surface area contributed by atoms with Crippen LogP contribution in [0.4, 0.5) is 9.18 Å². The number of imide groups is 1. The fraction of sp³-hybridized carbons (Fsp3) is 0.318. The largest absolute Gasteiger partial charge is 0.494 e. The summed E-state index contributed by atoms with van der Waals surface area (Å²) in [4.78, 5) is 41.3. The monoisotopic (exact) mass is 411 g/mol. The summed E-state index contributed by atoms with van der Waals surface area (Å²) in [5.41, 5.74) is -0.135. The van der Waals surface area contributed by atoms with Crippen LogP contribution in [0.5, 0.6) is 5.75 Å². The molecule has 4 amide bonds. The van der Waals surface area contributed by atoms with Gasteiger partial charge in [0.15, 0.2) is 11.6 Å². The summed E-state index contributed by atoms with van der Waals surface area (Å²) in [7, 11) is 1.35.